The minimum absolute atomic E-state index is 0.0289. The second kappa shape index (κ2) is 9.64. The molecule has 0 aliphatic rings. The number of carbonyl (C=O) groups excluding carboxylic acids is 1. The molecule has 0 rings (SSSR count). The maximum atomic E-state index is 12.7. The zero-order valence-corrected chi connectivity index (χ0v) is 23.7. The first-order valence-electron chi connectivity index (χ1n) is 10.1. The van der Waals surface area contributed by atoms with Crippen molar-refractivity contribution in [1.82, 2.24) is 9.21 Å². The van der Waals surface area contributed by atoms with Crippen LogP contribution in [-0.2, 0) is 9.22 Å². The average Bonchev–Trinajstić information content (AvgIpc) is 2.29. The van der Waals surface area contributed by atoms with Gasteiger partial charge in [0.2, 0.25) is 8.32 Å². The van der Waals surface area contributed by atoms with E-state index in [-0.39, 0.29) is 12.0 Å². The molecule has 0 saturated carbocycles. The third-order valence-corrected chi connectivity index (χ3v) is 13.8. The number of unbranched alkanes of at least 4 members (excludes halogenated alkanes) is 1. The molecule has 0 aliphatic heterocycles. The van der Waals surface area contributed by atoms with E-state index in [4.69, 9.17) is 4.43 Å². The molecule has 8 heteroatoms. The molecule has 0 fully saturated rings. The molecule has 0 spiro atoms. The quantitative estimate of drug-likeness (QED) is 0.354. The molecule has 1 N–H and O–H groups in total. The SMILES string of the molecule is C[Si](C)(C)NC(CCCCN([Si](C)(C)C)[Si](C)(C)C)C(=O)O[Si](C)(C)C. The lowest BCUT2D eigenvalue weighted by molar-refractivity contribution is -0.137. The Labute approximate surface area is 167 Å². The Morgan fingerprint density at radius 2 is 1.31 bits per heavy atom. The third-order valence-electron chi connectivity index (χ3n) is 4.04. The van der Waals surface area contributed by atoms with Gasteiger partial charge in [0.15, 0.2) is 0 Å². The maximum absolute atomic E-state index is 12.7. The van der Waals surface area contributed by atoms with Gasteiger partial charge in [0.05, 0.1) is 6.04 Å². The second-order valence-electron chi connectivity index (χ2n) is 11.5. The molecule has 0 aromatic heterocycles. The summed E-state index contributed by atoms with van der Waals surface area (Å²) in [6, 6.07) is -0.138. The van der Waals surface area contributed by atoms with E-state index >= 15 is 0 Å². The van der Waals surface area contributed by atoms with E-state index < -0.39 is 33.0 Å². The fourth-order valence-electron chi connectivity index (χ4n) is 3.44. The van der Waals surface area contributed by atoms with Crippen LogP contribution in [0.4, 0.5) is 0 Å². The zero-order chi connectivity index (χ0) is 21.0. The largest absolute Gasteiger partial charge is 0.519 e. The summed E-state index contributed by atoms with van der Waals surface area (Å²) in [6.45, 7) is 28.9. The molecule has 1 unspecified atom stereocenters. The fraction of sp³-hybridized carbons (Fsp3) is 0.944. The van der Waals surface area contributed by atoms with Crippen LogP contribution in [0.1, 0.15) is 19.3 Å². The summed E-state index contributed by atoms with van der Waals surface area (Å²) >= 11 is 0. The number of nitrogens with zero attached hydrogens (tertiary/aromatic N) is 1. The van der Waals surface area contributed by atoms with Crippen molar-refractivity contribution in [3.05, 3.63) is 0 Å². The van der Waals surface area contributed by atoms with Gasteiger partial charge in [0.25, 0.3) is 0 Å². The van der Waals surface area contributed by atoms with Gasteiger partial charge in [-0.25, -0.2) is 0 Å². The van der Waals surface area contributed by atoms with Crippen LogP contribution in [0.5, 0.6) is 0 Å². The summed E-state index contributed by atoms with van der Waals surface area (Å²) in [5.41, 5.74) is 0. The minimum atomic E-state index is -1.84. The normalized spacial score (nSPS) is 15.3. The number of nitrogens with one attached hydrogen (secondary N) is 1. The Bertz CT molecular complexity index is 432. The van der Waals surface area contributed by atoms with Crippen molar-refractivity contribution in [2.24, 2.45) is 0 Å². The van der Waals surface area contributed by atoms with Gasteiger partial charge in [-0.1, -0.05) is 65.3 Å². The molecule has 0 radical (unpaired) electrons. The predicted octanol–water partition coefficient (Wildman–Crippen LogP) is 5.30. The molecular weight excluding hydrogens is 389 g/mol. The number of carbonyl (C=O) groups is 1. The zero-order valence-electron chi connectivity index (χ0n) is 19.7. The van der Waals surface area contributed by atoms with Crippen LogP contribution in [0.25, 0.3) is 0 Å². The first-order valence-corrected chi connectivity index (χ1v) is 23.9. The molecule has 0 aliphatic carbocycles. The van der Waals surface area contributed by atoms with E-state index in [1.54, 1.807) is 0 Å². The van der Waals surface area contributed by atoms with Crippen LogP contribution < -0.4 is 4.98 Å². The highest BCUT2D eigenvalue weighted by atomic mass is 28.4. The smallest absolute Gasteiger partial charge is 0.309 e. The first kappa shape index (κ1) is 26.3. The molecule has 4 nitrogen and oxygen atoms in total. The van der Waals surface area contributed by atoms with Crippen LogP contribution >= 0.6 is 0 Å². The van der Waals surface area contributed by atoms with Gasteiger partial charge >= 0.3 is 5.97 Å². The highest BCUT2D eigenvalue weighted by Crippen LogP contribution is 2.21. The summed E-state index contributed by atoms with van der Waals surface area (Å²) in [6.07, 6.45) is 3.13. The Kier molecular flexibility index (Phi) is 9.74. The van der Waals surface area contributed by atoms with Crippen molar-refractivity contribution < 1.29 is 9.22 Å². The highest BCUT2D eigenvalue weighted by molar-refractivity contribution is 6.89. The van der Waals surface area contributed by atoms with Crippen molar-refractivity contribution in [2.75, 3.05) is 6.54 Å². The summed E-state index contributed by atoms with van der Waals surface area (Å²) < 4.78 is 8.63. The highest BCUT2D eigenvalue weighted by Gasteiger charge is 2.34. The lowest BCUT2D eigenvalue weighted by atomic mass is 10.1. The van der Waals surface area contributed by atoms with Crippen molar-refractivity contribution in [3.63, 3.8) is 0 Å². The van der Waals surface area contributed by atoms with Gasteiger partial charge in [-0.3, -0.25) is 4.79 Å². The van der Waals surface area contributed by atoms with Gasteiger partial charge in [0, 0.05) is 0 Å². The summed E-state index contributed by atoms with van der Waals surface area (Å²) in [4.78, 5) is 16.3. The average molecular weight is 435 g/mol. The molecule has 26 heavy (non-hydrogen) atoms. The van der Waals surface area contributed by atoms with E-state index in [9.17, 15) is 4.79 Å². The van der Waals surface area contributed by atoms with Crippen LogP contribution in [0.2, 0.25) is 78.6 Å². The number of hydrogen-bond donors (Lipinski definition) is 1. The van der Waals surface area contributed by atoms with E-state index in [0.717, 1.165) is 12.8 Å². The van der Waals surface area contributed by atoms with Crippen LogP contribution in [0.3, 0.4) is 0 Å². The summed E-state index contributed by atoms with van der Waals surface area (Å²) in [5, 5.41) is 0. The van der Waals surface area contributed by atoms with Crippen LogP contribution in [-0.4, -0.2) is 55.8 Å². The molecule has 0 heterocycles. The van der Waals surface area contributed by atoms with Gasteiger partial charge in [0.1, 0.15) is 24.7 Å². The van der Waals surface area contributed by atoms with Gasteiger partial charge in [-0.2, -0.15) is 0 Å². The molecule has 0 saturated heterocycles. The Hall–Kier alpha value is 0.258. The van der Waals surface area contributed by atoms with Crippen LogP contribution in [0, 0.1) is 0 Å². The molecule has 0 amide bonds. The van der Waals surface area contributed by atoms with Crippen LogP contribution in [0.15, 0.2) is 0 Å². The lowest BCUT2D eigenvalue weighted by Gasteiger charge is -2.43. The maximum Gasteiger partial charge on any atom is 0.309 e. The Balaban J connectivity index is 4.82. The van der Waals surface area contributed by atoms with Gasteiger partial charge in [-0.05, 0) is 39.0 Å². The van der Waals surface area contributed by atoms with E-state index in [1.807, 2.05) is 0 Å². The molecular formula is C18H46N2O2Si4. The Morgan fingerprint density at radius 3 is 1.65 bits per heavy atom. The fourth-order valence-corrected chi connectivity index (χ4v) is 15.2. The van der Waals surface area contributed by atoms with E-state index in [0.29, 0.717) is 0 Å². The lowest BCUT2D eigenvalue weighted by Crippen LogP contribution is -2.59. The second-order valence-corrected chi connectivity index (χ2v) is 30.9. The van der Waals surface area contributed by atoms with E-state index in [1.165, 1.54) is 13.0 Å². The number of hydrogen-bond acceptors (Lipinski definition) is 4. The summed E-state index contributed by atoms with van der Waals surface area (Å²) in [7, 11) is -5.96. The van der Waals surface area contributed by atoms with Crippen molar-refractivity contribution in [3.8, 4) is 0 Å². The summed E-state index contributed by atoms with van der Waals surface area (Å²) in [5.74, 6) is -0.0289. The molecule has 156 valence electrons. The van der Waals surface area contributed by atoms with E-state index in [2.05, 4.69) is 87.8 Å². The van der Waals surface area contributed by atoms with Crippen molar-refractivity contribution in [1.29, 1.82) is 0 Å². The Morgan fingerprint density at radius 1 is 0.846 bits per heavy atom. The molecule has 0 bridgehead atoms. The van der Waals surface area contributed by atoms with Gasteiger partial charge < -0.3 is 13.6 Å². The topological polar surface area (TPSA) is 41.6 Å². The molecule has 1 atom stereocenters. The predicted molar refractivity (Wildman–Crippen MR) is 127 cm³/mol. The first-order chi connectivity index (χ1) is 11.3. The van der Waals surface area contributed by atoms with Crippen molar-refractivity contribution in [2.45, 2.75) is 104 Å². The number of rotatable bonds is 11. The monoisotopic (exact) mass is 434 g/mol. The molecule has 0 aromatic carbocycles. The standard InChI is InChI=1S/C18H46N2O2Si4/c1-23(2,3)19-17(18(21)22-26(10,11)12)15-13-14-16-20(24(4,5)6)25(7,8)9/h17,19H,13-16H2,1-12H3. The van der Waals surface area contributed by atoms with Gasteiger partial charge in [-0.15, -0.1) is 0 Å². The third kappa shape index (κ3) is 11.9. The van der Waals surface area contributed by atoms with Crippen molar-refractivity contribution >= 4 is 39.0 Å². The minimum Gasteiger partial charge on any atom is -0.519 e. The molecule has 0 aromatic rings.